The van der Waals surface area contributed by atoms with E-state index in [0.717, 1.165) is 0 Å². The number of aliphatic imine (C=N–C) groups is 1. The maximum Gasteiger partial charge on any atom is 0.326 e. The van der Waals surface area contributed by atoms with Gasteiger partial charge in [0.1, 0.15) is 18.1 Å². The molecule has 4 unspecified atom stereocenters. The summed E-state index contributed by atoms with van der Waals surface area (Å²) in [5, 5.41) is 17.3. The number of hydrogen-bond acceptors (Lipinski definition) is 8. The number of nitrogens with zero attached hydrogens (tertiary/aromatic N) is 2. The number of nitrogens with two attached hydrogens (primary N) is 4. The molecule has 0 saturated heterocycles. The standard InChI is InChI=1S/C23H42N10O5/c1-13(2)18(21(36)32-17(22(37)38)10-14-11-28-12-30-14)33-20(35)16(7-5-9-29-23(26)27)31-19(34)15(25)6-3-4-8-24/h11-13,15-18H,3-10,24-25H2,1-2H3,(H,28,30)(H,31,34)(H,32,36)(H,33,35)(H,37,38)(H4,26,27,29). The number of rotatable bonds is 18. The quantitative estimate of drug-likeness (QED) is 0.0545. The van der Waals surface area contributed by atoms with E-state index in [-0.39, 0.29) is 25.3 Å². The Morgan fingerprint density at radius 1 is 1.00 bits per heavy atom. The number of carbonyl (C=O) groups is 4. The van der Waals surface area contributed by atoms with Crippen LogP contribution >= 0.6 is 0 Å². The summed E-state index contributed by atoms with van der Waals surface area (Å²) in [6.07, 6.45) is 5.15. The second-order valence-electron chi connectivity index (χ2n) is 9.31. The van der Waals surface area contributed by atoms with Crippen molar-refractivity contribution in [2.75, 3.05) is 13.1 Å². The molecule has 3 amide bonds. The molecule has 1 aromatic rings. The predicted octanol–water partition coefficient (Wildman–Crippen LogP) is -2.34. The van der Waals surface area contributed by atoms with Crippen LogP contribution in [0.5, 0.6) is 0 Å². The summed E-state index contributed by atoms with van der Waals surface area (Å²) < 4.78 is 0. The van der Waals surface area contributed by atoms with Gasteiger partial charge in [-0.05, 0) is 38.1 Å². The molecular formula is C23H42N10O5. The van der Waals surface area contributed by atoms with Crippen LogP contribution in [0.3, 0.4) is 0 Å². The van der Waals surface area contributed by atoms with Crippen LogP contribution < -0.4 is 38.9 Å². The average Bonchev–Trinajstić information content (AvgIpc) is 3.36. The smallest absolute Gasteiger partial charge is 0.326 e. The van der Waals surface area contributed by atoms with Crippen molar-refractivity contribution in [2.45, 2.75) is 76.5 Å². The number of nitrogens with one attached hydrogen (secondary N) is 4. The lowest BCUT2D eigenvalue weighted by Crippen LogP contribution is -2.58. The van der Waals surface area contributed by atoms with E-state index < -0.39 is 53.8 Å². The number of H-pyrrole nitrogens is 1. The topological polar surface area (TPSA) is 270 Å². The number of unbranched alkanes of at least 4 members (excludes halogenated alkanes) is 1. The van der Waals surface area contributed by atoms with Crippen LogP contribution in [0.15, 0.2) is 17.5 Å². The number of amides is 3. The molecule has 0 aliphatic rings. The van der Waals surface area contributed by atoms with E-state index >= 15 is 0 Å². The van der Waals surface area contributed by atoms with Crippen molar-refractivity contribution >= 4 is 29.7 Å². The van der Waals surface area contributed by atoms with Gasteiger partial charge in [0, 0.05) is 24.9 Å². The zero-order valence-corrected chi connectivity index (χ0v) is 22.0. The van der Waals surface area contributed by atoms with Gasteiger partial charge in [0.25, 0.3) is 0 Å². The Morgan fingerprint density at radius 3 is 2.24 bits per heavy atom. The highest BCUT2D eigenvalue weighted by Gasteiger charge is 2.32. The molecule has 0 aromatic carbocycles. The van der Waals surface area contributed by atoms with Gasteiger partial charge in [-0.25, -0.2) is 9.78 Å². The maximum atomic E-state index is 13.2. The molecular weight excluding hydrogens is 496 g/mol. The largest absolute Gasteiger partial charge is 0.480 e. The van der Waals surface area contributed by atoms with Crippen molar-refractivity contribution in [1.82, 2.24) is 25.9 Å². The molecule has 4 atom stereocenters. The van der Waals surface area contributed by atoms with Crippen LogP contribution in [0.2, 0.25) is 0 Å². The molecule has 0 saturated carbocycles. The fourth-order valence-electron chi connectivity index (χ4n) is 3.56. The second kappa shape index (κ2) is 16.9. The Morgan fingerprint density at radius 2 is 1.68 bits per heavy atom. The van der Waals surface area contributed by atoms with Crippen LogP contribution in [0.4, 0.5) is 0 Å². The summed E-state index contributed by atoms with van der Waals surface area (Å²) in [4.78, 5) is 61.1. The summed E-state index contributed by atoms with van der Waals surface area (Å²) in [5.41, 5.74) is 22.7. The lowest BCUT2D eigenvalue weighted by molar-refractivity contribution is -0.142. The van der Waals surface area contributed by atoms with Gasteiger partial charge in [-0.15, -0.1) is 0 Å². The Hall–Kier alpha value is -3.72. The van der Waals surface area contributed by atoms with E-state index in [1.54, 1.807) is 13.8 Å². The number of carbonyl (C=O) groups excluding carboxylic acids is 3. The van der Waals surface area contributed by atoms with E-state index in [4.69, 9.17) is 22.9 Å². The molecule has 13 N–H and O–H groups in total. The zero-order valence-electron chi connectivity index (χ0n) is 22.0. The average molecular weight is 539 g/mol. The molecule has 214 valence electrons. The number of aromatic nitrogens is 2. The fraction of sp³-hybridized carbons (Fsp3) is 0.652. The van der Waals surface area contributed by atoms with E-state index in [9.17, 15) is 24.3 Å². The van der Waals surface area contributed by atoms with Gasteiger partial charge in [0.2, 0.25) is 17.7 Å². The van der Waals surface area contributed by atoms with Gasteiger partial charge >= 0.3 is 5.97 Å². The highest BCUT2D eigenvalue weighted by Crippen LogP contribution is 2.08. The van der Waals surface area contributed by atoms with Gasteiger partial charge < -0.3 is 49.0 Å². The Labute approximate surface area is 222 Å². The molecule has 0 radical (unpaired) electrons. The van der Waals surface area contributed by atoms with Crippen molar-refractivity contribution in [1.29, 1.82) is 0 Å². The van der Waals surface area contributed by atoms with E-state index in [2.05, 4.69) is 30.9 Å². The fourth-order valence-corrected chi connectivity index (χ4v) is 3.56. The van der Waals surface area contributed by atoms with Crippen molar-refractivity contribution in [3.63, 3.8) is 0 Å². The van der Waals surface area contributed by atoms with Gasteiger partial charge in [0.05, 0.1) is 12.4 Å². The Balaban J connectivity index is 2.94. The summed E-state index contributed by atoms with van der Waals surface area (Å²) in [6.45, 7) is 4.11. The summed E-state index contributed by atoms with van der Waals surface area (Å²) in [5.74, 6) is -3.54. The van der Waals surface area contributed by atoms with Crippen LogP contribution in [-0.2, 0) is 25.6 Å². The van der Waals surface area contributed by atoms with Crippen molar-refractivity contribution in [3.05, 3.63) is 18.2 Å². The third-order valence-electron chi connectivity index (χ3n) is 5.72. The Kier molecular flexibility index (Phi) is 14.4. The monoisotopic (exact) mass is 538 g/mol. The number of imidazole rings is 1. The highest BCUT2D eigenvalue weighted by molar-refractivity contribution is 5.94. The predicted molar refractivity (Wildman–Crippen MR) is 141 cm³/mol. The Bertz CT molecular complexity index is 918. The van der Waals surface area contributed by atoms with E-state index in [0.29, 0.717) is 37.9 Å². The number of carboxylic acids is 1. The maximum absolute atomic E-state index is 13.2. The minimum atomic E-state index is -1.25. The third kappa shape index (κ3) is 12.0. The lowest BCUT2D eigenvalue weighted by atomic mass is 10.0. The van der Waals surface area contributed by atoms with Crippen LogP contribution in [-0.4, -0.2) is 82.0 Å². The number of aromatic amines is 1. The van der Waals surface area contributed by atoms with Crippen molar-refractivity contribution < 1.29 is 24.3 Å². The first-order valence-electron chi connectivity index (χ1n) is 12.6. The third-order valence-corrected chi connectivity index (χ3v) is 5.72. The highest BCUT2D eigenvalue weighted by atomic mass is 16.4. The minimum Gasteiger partial charge on any atom is -0.480 e. The zero-order chi connectivity index (χ0) is 28.7. The number of hydrogen-bond donors (Lipinski definition) is 9. The first kappa shape index (κ1) is 32.3. The van der Waals surface area contributed by atoms with Crippen LogP contribution in [0.1, 0.15) is 51.6 Å². The molecule has 0 fully saturated rings. The summed E-state index contributed by atoms with van der Waals surface area (Å²) in [6, 6.07) is -4.17. The lowest BCUT2D eigenvalue weighted by Gasteiger charge is -2.27. The molecule has 15 heteroatoms. The first-order valence-corrected chi connectivity index (χ1v) is 12.6. The van der Waals surface area contributed by atoms with Crippen molar-refractivity contribution in [2.24, 2.45) is 33.8 Å². The van der Waals surface area contributed by atoms with E-state index in [1.165, 1.54) is 12.5 Å². The van der Waals surface area contributed by atoms with Gasteiger partial charge in [0.15, 0.2) is 5.96 Å². The van der Waals surface area contributed by atoms with Crippen LogP contribution in [0.25, 0.3) is 0 Å². The summed E-state index contributed by atoms with van der Waals surface area (Å²) >= 11 is 0. The molecule has 1 heterocycles. The van der Waals surface area contributed by atoms with E-state index in [1.807, 2.05) is 0 Å². The van der Waals surface area contributed by atoms with Crippen LogP contribution in [0, 0.1) is 5.92 Å². The van der Waals surface area contributed by atoms with Crippen molar-refractivity contribution in [3.8, 4) is 0 Å². The molecule has 1 aromatic heterocycles. The number of guanidine groups is 1. The normalized spacial score (nSPS) is 14.1. The second-order valence-corrected chi connectivity index (χ2v) is 9.31. The first-order chi connectivity index (χ1) is 18.0. The SMILES string of the molecule is CC(C)C(NC(=O)C(CCCN=C(N)N)NC(=O)C(N)CCCCN)C(=O)NC(Cc1cnc[nH]1)C(=O)O. The molecule has 0 bridgehead atoms. The summed E-state index contributed by atoms with van der Waals surface area (Å²) in [7, 11) is 0. The minimum absolute atomic E-state index is 0.0225. The molecule has 0 spiro atoms. The molecule has 0 aliphatic heterocycles. The molecule has 0 aliphatic carbocycles. The molecule has 1 rings (SSSR count). The molecule has 38 heavy (non-hydrogen) atoms. The number of carboxylic acid groups (broad SMARTS) is 1. The van der Waals surface area contributed by atoms with Gasteiger partial charge in [-0.3, -0.25) is 19.4 Å². The van der Waals surface area contributed by atoms with Gasteiger partial charge in [-0.2, -0.15) is 0 Å². The molecule has 15 nitrogen and oxygen atoms in total. The number of aliphatic carboxylic acids is 1. The van der Waals surface area contributed by atoms with Gasteiger partial charge in [-0.1, -0.05) is 20.3 Å².